The van der Waals surface area contributed by atoms with Gasteiger partial charge in [-0.25, -0.2) is 0 Å². The standard InChI is InChI=1S/C16H8O2S.C15H6O3S/c1-8-15(17)10-6-7-12-13(14(10)16(8)18)9-4-2-3-5-11(9)19-12;16-13-9-5-8-7-3-1-2-4-11(7)19-12(8)6-10(9)14(17)15(13)18/h2-7H,1H2;1-6H. The maximum absolute atomic E-state index is 12.2. The first-order chi connectivity index (χ1) is 18.3. The number of rotatable bonds is 0. The van der Waals surface area contributed by atoms with Gasteiger partial charge in [-0.15, -0.1) is 22.7 Å². The highest BCUT2D eigenvalue weighted by molar-refractivity contribution is 7.26. The van der Waals surface area contributed by atoms with Gasteiger partial charge < -0.3 is 0 Å². The molecule has 2 aromatic heterocycles. The minimum absolute atomic E-state index is 0.0813. The van der Waals surface area contributed by atoms with E-state index in [1.165, 1.54) is 0 Å². The van der Waals surface area contributed by atoms with E-state index in [-0.39, 0.29) is 27.9 Å². The Kier molecular flexibility index (Phi) is 4.73. The molecule has 38 heavy (non-hydrogen) atoms. The normalized spacial score (nSPS) is 13.2. The Hall–Kier alpha value is -4.59. The van der Waals surface area contributed by atoms with Crippen LogP contribution in [0, 0.1) is 0 Å². The van der Waals surface area contributed by atoms with E-state index in [0.717, 1.165) is 40.3 Å². The predicted molar refractivity (Wildman–Crippen MR) is 155 cm³/mol. The molecule has 0 spiro atoms. The van der Waals surface area contributed by atoms with Crippen LogP contribution in [0.1, 0.15) is 20.7 Å². The summed E-state index contributed by atoms with van der Waals surface area (Å²) < 4.78 is 4.20. The lowest BCUT2D eigenvalue weighted by Crippen LogP contribution is -2.29. The number of Topliss-reactive ketones (excluding diaryl/α,β-unsaturated/α-hetero) is 2. The average Bonchev–Trinajstić information content (AvgIpc) is 3.62. The van der Waals surface area contributed by atoms with Gasteiger partial charge >= 0.3 is 0 Å². The number of allylic oxidation sites excluding steroid dienone is 1. The summed E-state index contributed by atoms with van der Waals surface area (Å²) in [5.41, 5.74) is -1.18. The first-order valence-electron chi connectivity index (χ1n) is 11.7. The average molecular weight is 531 g/mol. The Balaban J connectivity index is 0.000000127. The summed E-state index contributed by atoms with van der Waals surface area (Å²) in [6, 6.07) is 22.8. The van der Waals surface area contributed by atoms with Crippen molar-refractivity contribution in [2.24, 2.45) is 0 Å². The second-order valence-corrected chi connectivity index (χ2v) is 11.2. The van der Waals surface area contributed by atoms with Gasteiger partial charge in [-0.2, -0.15) is 0 Å². The van der Waals surface area contributed by atoms with Crippen molar-refractivity contribution in [1.82, 2.24) is 0 Å². The summed E-state index contributed by atoms with van der Waals surface area (Å²) in [5.74, 6) is -0.466. The number of carbonyl (C=O) groups is 2. The molecule has 5 aromatic carbocycles. The zero-order chi connectivity index (χ0) is 26.3. The zero-order valence-electron chi connectivity index (χ0n) is 19.5. The molecule has 0 radical (unpaired) electrons. The van der Waals surface area contributed by atoms with Crippen LogP contribution in [0.15, 0.2) is 99.3 Å². The fraction of sp³-hybridized carbons (Fsp3) is 0. The fourth-order valence-corrected chi connectivity index (χ4v) is 7.39. The van der Waals surface area contributed by atoms with E-state index in [1.807, 2.05) is 54.6 Å². The van der Waals surface area contributed by atoms with Crippen molar-refractivity contribution in [2.75, 3.05) is 0 Å². The van der Waals surface area contributed by atoms with Gasteiger partial charge in [-0.3, -0.25) is 24.0 Å². The smallest absolute Gasteiger partial charge is 0.273 e. The van der Waals surface area contributed by atoms with Gasteiger partial charge in [0.2, 0.25) is 10.9 Å². The lowest BCUT2D eigenvalue weighted by molar-refractivity contribution is 0.0990. The van der Waals surface area contributed by atoms with E-state index < -0.39 is 16.3 Å². The van der Waals surface area contributed by atoms with E-state index >= 15 is 0 Å². The quantitative estimate of drug-likeness (QED) is 0.133. The summed E-state index contributed by atoms with van der Waals surface area (Å²) in [7, 11) is 0. The molecule has 0 saturated heterocycles. The molecular formula is C31H14O5S2. The second-order valence-electron chi connectivity index (χ2n) is 9.08. The molecule has 0 fully saturated rings. The molecule has 0 aliphatic heterocycles. The second kappa shape index (κ2) is 7.95. The SMILES string of the molecule is C=C1C(=O)c2ccc3sc4ccccc4c3c2C1=O.O=c1c(=O)c2cc3sc4ccccc4c3cc2c1=O. The molecule has 1 aliphatic carbocycles. The van der Waals surface area contributed by atoms with E-state index in [2.05, 4.69) is 6.58 Å². The van der Waals surface area contributed by atoms with Crippen LogP contribution in [0.25, 0.3) is 51.1 Å². The van der Waals surface area contributed by atoms with Gasteiger partial charge in [0.15, 0.2) is 11.6 Å². The molecule has 0 saturated carbocycles. The molecule has 2 heterocycles. The van der Waals surface area contributed by atoms with Crippen LogP contribution in [0.4, 0.5) is 0 Å². The molecule has 5 nitrogen and oxygen atoms in total. The molecule has 1 aliphatic rings. The first-order valence-corrected chi connectivity index (χ1v) is 13.3. The monoisotopic (exact) mass is 530 g/mol. The van der Waals surface area contributed by atoms with Gasteiger partial charge in [0.25, 0.3) is 5.43 Å². The van der Waals surface area contributed by atoms with Crippen molar-refractivity contribution in [2.45, 2.75) is 0 Å². The van der Waals surface area contributed by atoms with Crippen molar-refractivity contribution >= 4 is 85.4 Å². The summed E-state index contributed by atoms with van der Waals surface area (Å²) >= 11 is 3.20. The molecule has 0 atom stereocenters. The Morgan fingerprint density at radius 1 is 0.500 bits per heavy atom. The Labute approximate surface area is 221 Å². The molecule has 7 heteroatoms. The van der Waals surface area contributed by atoms with Gasteiger partial charge in [0, 0.05) is 62.2 Å². The van der Waals surface area contributed by atoms with Crippen LogP contribution in [-0.4, -0.2) is 11.6 Å². The highest BCUT2D eigenvalue weighted by Gasteiger charge is 2.34. The third-order valence-electron chi connectivity index (χ3n) is 6.98. The number of thiophene rings is 2. The maximum atomic E-state index is 12.2. The van der Waals surface area contributed by atoms with Crippen molar-refractivity contribution in [3.05, 3.63) is 127 Å². The topological polar surface area (TPSA) is 85.3 Å². The van der Waals surface area contributed by atoms with Gasteiger partial charge in [-0.05, 0) is 36.4 Å². The highest BCUT2D eigenvalue weighted by atomic mass is 32.1. The molecule has 8 rings (SSSR count). The predicted octanol–water partition coefficient (Wildman–Crippen LogP) is 6.15. The Bertz CT molecular complexity index is 2360. The van der Waals surface area contributed by atoms with Crippen LogP contribution in [-0.2, 0) is 0 Å². The Morgan fingerprint density at radius 3 is 1.84 bits per heavy atom. The molecule has 0 amide bonds. The highest BCUT2D eigenvalue weighted by Crippen LogP contribution is 2.40. The van der Waals surface area contributed by atoms with Crippen LogP contribution in [0.2, 0.25) is 0 Å². The molecule has 7 aromatic rings. The molecule has 180 valence electrons. The van der Waals surface area contributed by atoms with Gasteiger partial charge in [0.1, 0.15) is 0 Å². The molecular weight excluding hydrogens is 516 g/mol. The number of carbonyl (C=O) groups excluding carboxylic acids is 2. The zero-order valence-corrected chi connectivity index (χ0v) is 21.1. The molecule has 0 N–H and O–H groups in total. The number of fused-ring (bicyclic) bond motifs is 9. The van der Waals surface area contributed by atoms with Gasteiger partial charge in [0.05, 0.1) is 5.57 Å². The number of benzene rings is 4. The summed E-state index contributed by atoms with van der Waals surface area (Å²) in [6.45, 7) is 3.61. The first kappa shape index (κ1) is 22.6. The lowest BCUT2D eigenvalue weighted by atomic mass is 10.0. The van der Waals surface area contributed by atoms with Crippen LogP contribution in [0.5, 0.6) is 0 Å². The minimum atomic E-state index is -0.919. The largest absolute Gasteiger partial charge is 0.288 e. The van der Waals surface area contributed by atoms with Gasteiger partial charge in [-0.1, -0.05) is 43.0 Å². The Morgan fingerprint density at radius 2 is 1.11 bits per heavy atom. The van der Waals surface area contributed by atoms with Crippen LogP contribution in [0.3, 0.4) is 0 Å². The minimum Gasteiger partial charge on any atom is -0.288 e. The van der Waals surface area contributed by atoms with E-state index in [1.54, 1.807) is 40.9 Å². The summed E-state index contributed by atoms with van der Waals surface area (Å²) in [6.07, 6.45) is 0. The number of hydrogen-bond acceptors (Lipinski definition) is 7. The maximum Gasteiger partial charge on any atom is 0.273 e. The molecule has 0 bridgehead atoms. The van der Waals surface area contributed by atoms with Crippen molar-refractivity contribution < 1.29 is 9.59 Å². The summed E-state index contributed by atoms with van der Waals surface area (Å²) in [4.78, 5) is 59.1. The molecule has 0 unspecified atom stereocenters. The van der Waals surface area contributed by atoms with Crippen LogP contribution >= 0.6 is 22.7 Å². The van der Waals surface area contributed by atoms with E-state index in [0.29, 0.717) is 11.1 Å². The van der Waals surface area contributed by atoms with Crippen LogP contribution < -0.4 is 16.3 Å². The fourth-order valence-electron chi connectivity index (χ4n) is 5.15. The van der Waals surface area contributed by atoms with Crippen molar-refractivity contribution in [3.63, 3.8) is 0 Å². The van der Waals surface area contributed by atoms with Crippen molar-refractivity contribution in [3.8, 4) is 0 Å². The van der Waals surface area contributed by atoms with E-state index in [4.69, 9.17) is 0 Å². The van der Waals surface area contributed by atoms with Crippen molar-refractivity contribution in [1.29, 1.82) is 0 Å². The third-order valence-corrected chi connectivity index (χ3v) is 9.25. The lowest BCUT2D eigenvalue weighted by Gasteiger charge is -1.98. The number of ketones is 2. The summed E-state index contributed by atoms with van der Waals surface area (Å²) in [5, 5.41) is 4.39. The third kappa shape index (κ3) is 3.00. The van der Waals surface area contributed by atoms with E-state index in [9.17, 15) is 24.0 Å². The number of hydrogen-bond donors (Lipinski definition) is 0.